The van der Waals surface area contributed by atoms with Gasteiger partial charge in [-0.3, -0.25) is 14.9 Å². The van der Waals surface area contributed by atoms with E-state index in [0.717, 1.165) is 4.90 Å². The van der Waals surface area contributed by atoms with Crippen LogP contribution >= 0.6 is 23.2 Å². The zero-order chi connectivity index (χ0) is 29.2. The van der Waals surface area contributed by atoms with Gasteiger partial charge in [0.15, 0.2) is 11.5 Å². The summed E-state index contributed by atoms with van der Waals surface area (Å²) >= 11 is 11.9. The summed E-state index contributed by atoms with van der Waals surface area (Å²) in [6.07, 6.45) is 2.95. The van der Waals surface area contributed by atoms with Gasteiger partial charge in [-0.05, 0) is 79.1 Å². The molecule has 9 nitrogen and oxygen atoms in total. The molecule has 3 aromatic rings. The van der Waals surface area contributed by atoms with Crippen molar-refractivity contribution in [3.8, 4) is 11.5 Å². The van der Waals surface area contributed by atoms with Gasteiger partial charge in [0.2, 0.25) is 0 Å². The zero-order valence-corrected chi connectivity index (χ0v) is 23.6. The minimum absolute atomic E-state index is 0.0195. The van der Waals surface area contributed by atoms with Crippen LogP contribution in [0.25, 0.3) is 6.08 Å². The largest absolute Gasteiger partial charge is 0.493 e. The van der Waals surface area contributed by atoms with E-state index < -0.39 is 28.0 Å². The topological polar surface area (TPSA) is 119 Å². The standard InChI is InChI=1S/C28H22Cl2N2O7S/c1-4-5-18-12-17(14-24(38-3)25(18)39-40(36,37)21-10-8-19(29)9-11-21)13-22-26(33)31-28(35)32(27(22)34)23-15-20(30)7-6-16(23)2/h4,6-15H,1,5H2,2-3H3,(H,31,33,35)/b22-13+. The van der Waals surface area contributed by atoms with Crippen LogP contribution in [-0.4, -0.2) is 33.4 Å². The SMILES string of the molecule is C=CCc1cc(/C=C2\C(=O)NC(=O)N(c3cc(Cl)ccc3C)C2=O)cc(OC)c1OS(=O)(=O)c1ccc(Cl)cc1. The van der Waals surface area contributed by atoms with Crippen molar-refractivity contribution in [2.24, 2.45) is 0 Å². The lowest BCUT2D eigenvalue weighted by Crippen LogP contribution is -2.54. The number of anilines is 1. The first kappa shape index (κ1) is 28.9. The van der Waals surface area contributed by atoms with Gasteiger partial charge in [-0.1, -0.05) is 35.3 Å². The normalized spacial score (nSPS) is 14.8. The van der Waals surface area contributed by atoms with Gasteiger partial charge in [0.05, 0.1) is 12.8 Å². The first-order valence-electron chi connectivity index (χ1n) is 11.6. The zero-order valence-electron chi connectivity index (χ0n) is 21.2. The number of amides is 4. The molecule has 1 N–H and O–H groups in total. The van der Waals surface area contributed by atoms with Gasteiger partial charge in [0, 0.05) is 15.6 Å². The van der Waals surface area contributed by atoms with Gasteiger partial charge in [0.1, 0.15) is 10.5 Å². The lowest BCUT2D eigenvalue weighted by atomic mass is 10.0. The van der Waals surface area contributed by atoms with Crippen LogP contribution in [0.1, 0.15) is 16.7 Å². The van der Waals surface area contributed by atoms with Gasteiger partial charge in [-0.25, -0.2) is 9.69 Å². The van der Waals surface area contributed by atoms with Crippen molar-refractivity contribution in [2.45, 2.75) is 18.2 Å². The number of hydrogen-bond acceptors (Lipinski definition) is 7. The maximum Gasteiger partial charge on any atom is 0.339 e. The molecule has 4 rings (SSSR count). The third-order valence-electron chi connectivity index (χ3n) is 5.86. The molecule has 1 aliphatic rings. The molecule has 12 heteroatoms. The number of ether oxygens (including phenoxy) is 1. The van der Waals surface area contributed by atoms with Gasteiger partial charge >= 0.3 is 16.1 Å². The van der Waals surface area contributed by atoms with Gasteiger partial charge < -0.3 is 8.92 Å². The van der Waals surface area contributed by atoms with E-state index in [1.165, 1.54) is 61.7 Å². The Bertz CT molecular complexity index is 1680. The fourth-order valence-electron chi connectivity index (χ4n) is 3.95. The fraction of sp³-hybridized carbons (Fsp3) is 0.107. The van der Waals surface area contributed by atoms with Gasteiger partial charge in [-0.15, -0.1) is 6.58 Å². The van der Waals surface area contributed by atoms with Crippen LogP contribution in [0.3, 0.4) is 0 Å². The number of carbonyl (C=O) groups is 3. The van der Waals surface area contributed by atoms with Crippen molar-refractivity contribution in [3.05, 3.63) is 99.6 Å². The van der Waals surface area contributed by atoms with E-state index in [9.17, 15) is 22.8 Å². The summed E-state index contributed by atoms with van der Waals surface area (Å²) < 4.78 is 36.8. The molecule has 4 amide bonds. The van der Waals surface area contributed by atoms with E-state index in [0.29, 0.717) is 26.7 Å². The molecule has 1 saturated heterocycles. The molecule has 1 heterocycles. The summed E-state index contributed by atoms with van der Waals surface area (Å²) in [6.45, 7) is 5.39. The molecular formula is C28H22Cl2N2O7S. The number of barbiturate groups is 1. The van der Waals surface area contributed by atoms with Crippen LogP contribution in [-0.2, 0) is 26.1 Å². The third kappa shape index (κ3) is 5.89. The number of imide groups is 2. The van der Waals surface area contributed by atoms with E-state index in [1.807, 2.05) is 0 Å². The van der Waals surface area contributed by atoms with Crippen molar-refractivity contribution in [2.75, 3.05) is 12.0 Å². The van der Waals surface area contributed by atoms with E-state index in [-0.39, 0.29) is 34.1 Å². The number of nitrogens with zero attached hydrogens (tertiary/aromatic N) is 1. The first-order valence-corrected chi connectivity index (χ1v) is 13.8. The average molecular weight is 601 g/mol. The van der Waals surface area contributed by atoms with Crippen LogP contribution in [0.5, 0.6) is 11.5 Å². The first-order chi connectivity index (χ1) is 18.9. The molecule has 1 fully saturated rings. The second-order valence-electron chi connectivity index (χ2n) is 8.58. The maximum absolute atomic E-state index is 13.4. The minimum Gasteiger partial charge on any atom is -0.493 e. The Morgan fingerprint density at radius 1 is 1.00 bits per heavy atom. The number of rotatable bonds is 8. The predicted octanol–water partition coefficient (Wildman–Crippen LogP) is 5.47. The number of urea groups is 1. The van der Waals surface area contributed by atoms with Crippen LogP contribution < -0.4 is 19.1 Å². The summed E-state index contributed by atoms with van der Waals surface area (Å²) in [5, 5.41) is 2.82. The molecule has 0 radical (unpaired) electrons. The average Bonchev–Trinajstić information content (AvgIpc) is 2.90. The Hall–Kier alpha value is -4.12. The molecular weight excluding hydrogens is 579 g/mol. The summed E-state index contributed by atoms with van der Waals surface area (Å²) in [5.74, 6) is -1.84. The van der Waals surface area contributed by atoms with E-state index in [2.05, 4.69) is 11.9 Å². The number of aryl methyl sites for hydroxylation is 1. The summed E-state index contributed by atoms with van der Waals surface area (Å²) in [6, 6.07) is 12.1. The van der Waals surface area contributed by atoms with E-state index >= 15 is 0 Å². The molecule has 0 unspecified atom stereocenters. The second kappa shape index (κ2) is 11.5. The van der Waals surface area contributed by atoms with Crippen molar-refractivity contribution < 1.29 is 31.7 Å². The van der Waals surface area contributed by atoms with E-state index in [1.54, 1.807) is 19.1 Å². The number of benzene rings is 3. The highest BCUT2D eigenvalue weighted by Crippen LogP contribution is 2.37. The second-order valence-corrected chi connectivity index (χ2v) is 11.0. The summed E-state index contributed by atoms with van der Waals surface area (Å²) in [5.41, 5.74) is 1.11. The Morgan fingerprint density at radius 3 is 2.33 bits per heavy atom. The molecule has 0 saturated carbocycles. The third-order valence-corrected chi connectivity index (χ3v) is 7.58. The number of halogens is 2. The van der Waals surface area contributed by atoms with Gasteiger partial charge in [0.25, 0.3) is 11.8 Å². The molecule has 0 bridgehead atoms. The lowest BCUT2D eigenvalue weighted by molar-refractivity contribution is -0.122. The molecule has 40 heavy (non-hydrogen) atoms. The Kier molecular flexibility index (Phi) is 8.34. The Morgan fingerprint density at radius 2 is 1.68 bits per heavy atom. The number of hydrogen-bond donors (Lipinski definition) is 1. The fourth-order valence-corrected chi connectivity index (χ4v) is 5.21. The van der Waals surface area contributed by atoms with Crippen molar-refractivity contribution >= 4 is 62.9 Å². The Labute approximate surface area is 240 Å². The molecule has 0 atom stereocenters. The predicted molar refractivity (Wildman–Crippen MR) is 151 cm³/mol. The quantitative estimate of drug-likeness (QED) is 0.157. The number of allylic oxidation sites excluding steroid dienone is 1. The summed E-state index contributed by atoms with van der Waals surface area (Å²) in [7, 11) is -2.96. The van der Waals surface area contributed by atoms with Crippen molar-refractivity contribution in [3.63, 3.8) is 0 Å². The van der Waals surface area contributed by atoms with Crippen LogP contribution in [0.2, 0.25) is 10.0 Å². The highest BCUT2D eigenvalue weighted by Gasteiger charge is 2.37. The maximum atomic E-state index is 13.4. The van der Waals surface area contributed by atoms with Crippen LogP contribution in [0, 0.1) is 6.92 Å². The highest BCUT2D eigenvalue weighted by atomic mass is 35.5. The molecule has 1 aliphatic heterocycles. The molecule has 0 aromatic heterocycles. The monoisotopic (exact) mass is 600 g/mol. The van der Waals surface area contributed by atoms with Crippen LogP contribution in [0.4, 0.5) is 10.5 Å². The van der Waals surface area contributed by atoms with Crippen LogP contribution in [0.15, 0.2) is 77.7 Å². The molecule has 0 spiro atoms. The lowest BCUT2D eigenvalue weighted by Gasteiger charge is -2.27. The molecule has 206 valence electrons. The molecule has 0 aliphatic carbocycles. The summed E-state index contributed by atoms with van der Waals surface area (Å²) in [4.78, 5) is 39.4. The van der Waals surface area contributed by atoms with Crippen molar-refractivity contribution in [1.29, 1.82) is 0 Å². The number of carbonyl (C=O) groups excluding carboxylic acids is 3. The highest BCUT2D eigenvalue weighted by molar-refractivity contribution is 7.87. The molecule has 3 aromatic carbocycles. The van der Waals surface area contributed by atoms with Gasteiger partial charge in [-0.2, -0.15) is 8.42 Å². The minimum atomic E-state index is -4.27. The number of nitrogens with one attached hydrogen (secondary N) is 1. The number of methoxy groups -OCH3 is 1. The Balaban J connectivity index is 1.78. The smallest absolute Gasteiger partial charge is 0.339 e. The van der Waals surface area contributed by atoms with E-state index in [4.69, 9.17) is 32.1 Å². The van der Waals surface area contributed by atoms with Crippen molar-refractivity contribution in [1.82, 2.24) is 5.32 Å².